The van der Waals surface area contributed by atoms with E-state index in [1.165, 1.54) is 0 Å². The van der Waals surface area contributed by atoms with E-state index in [1.807, 2.05) is 30.3 Å². The molecule has 0 aliphatic rings. The van der Waals surface area contributed by atoms with Crippen molar-refractivity contribution in [3.63, 3.8) is 0 Å². The van der Waals surface area contributed by atoms with E-state index in [0.29, 0.717) is 16.8 Å². The van der Waals surface area contributed by atoms with Crippen LogP contribution in [-0.2, 0) is 6.42 Å². The third kappa shape index (κ3) is 3.77. The van der Waals surface area contributed by atoms with Crippen molar-refractivity contribution in [2.24, 2.45) is 0 Å². The Bertz CT molecular complexity index is 734. The highest BCUT2D eigenvalue weighted by Crippen LogP contribution is 2.19. The molecule has 0 amide bonds. The van der Waals surface area contributed by atoms with E-state index in [-0.39, 0.29) is 0 Å². The fraction of sp³-hybridized carbons (Fsp3) is 0.125. The molecule has 0 aliphatic carbocycles. The van der Waals surface area contributed by atoms with E-state index < -0.39 is 0 Å². The van der Waals surface area contributed by atoms with E-state index in [9.17, 15) is 0 Å². The van der Waals surface area contributed by atoms with E-state index in [0.717, 1.165) is 24.2 Å². The number of hydrogen-bond acceptors (Lipinski definition) is 5. The van der Waals surface area contributed by atoms with Crippen molar-refractivity contribution in [2.75, 3.05) is 11.9 Å². The first-order chi connectivity index (χ1) is 10.8. The second kappa shape index (κ2) is 6.95. The van der Waals surface area contributed by atoms with Gasteiger partial charge in [0.25, 0.3) is 0 Å². The quantitative estimate of drug-likeness (QED) is 0.733. The summed E-state index contributed by atoms with van der Waals surface area (Å²) in [5.41, 5.74) is 1.86. The van der Waals surface area contributed by atoms with Crippen molar-refractivity contribution in [2.45, 2.75) is 6.42 Å². The monoisotopic (exact) mass is 311 g/mol. The average Bonchev–Trinajstić information content (AvgIpc) is 2.56. The average molecular weight is 312 g/mol. The third-order valence-corrected chi connectivity index (χ3v) is 3.22. The highest BCUT2D eigenvalue weighted by molar-refractivity contribution is 6.29. The van der Waals surface area contributed by atoms with Crippen molar-refractivity contribution >= 4 is 17.4 Å². The Hall–Kier alpha value is -2.53. The Morgan fingerprint density at radius 2 is 2.00 bits per heavy atom. The number of rotatable bonds is 5. The lowest BCUT2D eigenvalue weighted by atomic mass is 10.2. The Balaban J connectivity index is 1.70. The molecule has 0 aliphatic heterocycles. The summed E-state index contributed by atoms with van der Waals surface area (Å²) < 4.78 is 0. The zero-order chi connectivity index (χ0) is 15.2. The zero-order valence-corrected chi connectivity index (χ0v) is 12.5. The van der Waals surface area contributed by atoms with Gasteiger partial charge in [-0.25, -0.2) is 9.97 Å². The molecular weight excluding hydrogens is 298 g/mol. The van der Waals surface area contributed by atoms with Crippen LogP contribution in [0.3, 0.4) is 0 Å². The zero-order valence-electron chi connectivity index (χ0n) is 11.8. The van der Waals surface area contributed by atoms with Crippen molar-refractivity contribution in [1.29, 1.82) is 0 Å². The van der Waals surface area contributed by atoms with Crippen molar-refractivity contribution in [3.8, 4) is 11.4 Å². The van der Waals surface area contributed by atoms with Gasteiger partial charge in [-0.2, -0.15) is 0 Å². The summed E-state index contributed by atoms with van der Waals surface area (Å²) in [7, 11) is 0. The fourth-order valence-corrected chi connectivity index (χ4v) is 2.18. The molecule has 1 N–H and O–H groups in total. The fourth-order valence-electron chi connectivity index (χ4n) is 2.00. The van der Waals surface area contributed by atoms with Gasteiger partial charge in [-0.05, 0) is 24.3 Å². The standard InChI is InChI=1S/C16H14ClN5/c17-14-10-15(20-9-6-13-5-1-2-8-19-13)22-16(21-14)12-4-3-7-18-11-12/h1-5,7-8,10-11H,6,9H2,(H,20,21,22). The van der Waals surface area contributed by atoms with Gasteiger partial charge in [0.05, 0.1) is 0 Å². The lowest BCUT2D eigenvalue weighted by Gasteiger charge is -2.07. The van der Waals surface area contributed by atoms with Crippen molar-refractivity contribution in [1.82, 2.24) is 19.9 Å². The van der Waals surface area contributed by atoms with Crippen molar-refractivity contribution in [3.05, 3.63) is 65.8 Å². The summed E-state index contributed by atoms with van der Waals surface area (Å²) >= 11 is 6.07. The highest BCUT2D eigenvalue weighted by atomic mass is 35.5. The Morgan fingerprint density at radius 3 is 2.77 bits per heavy atom. The summed E-state index contributed by atoms with van der Waals surface area (Å²) in [5, 5.41) is 3.65. The second-order valence-electron chi connectivity index (χ2n) is 4.64. The summed E-state index contributed by atoms with van der Waals surface area (Å²) in [4.78, 5) is 17.1. The highest BCUT2D eigenvalue weighted by Gasteiger charge is 2.06. The molecule has 0 atom stereocenters. The molecule has 110 valence electrons. The largest absolute Gasteiger partial charge is 0.370 e. The first kappa shape index (κ1) is 14.4. The van der Waals surface area contributed by atoms with Gasteiger partial charge in [0.15, 0.2) is 5.82 Å². The van der Waals surface area contributed by atoms with Crippen molar-refractivity contribution < 1.29 is 0 Å². The topological polar surface area (TPSA) is 63.6 Å². The number of nitrogens with zero attached hydrogens (tertiary/aromatic N) is 4. The smallest absolute Gasteiger partial charge is 0.164 e. The summed E-state index contributed by atoms with van der Waals surface area (Å²) in [6.45, 7) is 0.719. The first-order valence-corrected chi connectivity index (χ1v) is 7.28. The molecule has 0 saturated carbocycles. The van der Waals surface area contributed by atoms with Crippen LogP contribution < -0.4 is 5.32 Å². The summed E-state index contributed by atoms with van der Waals surface area (Å²) in [6.07, 6.45) is 6.02. The molecule has 0 radical (unpaired) electrons. The molecule has 3 aromatic rings. The minimum atomic E-state index is 0.397. The number of anilines is 1. The number of hydrogen-bond donors (Lipinski definition) is 1. The summed E-state index contributed by atoms with van der Waals surface area (Å²) in [6, 6.07) is 11.3. The predicted molar refractivity (Wildman–Crippen MR) is 86.7 cm³/mol. The van der Waals surface area contributed by atoms with Crippen LogP contribution in [0.25, 0.3) is 11.4 Å². The van der Waals surface area contributed by atoms with Gasteiger partial charge in [-0.3, -0.25) is 9.97 Å². The van der Waals surface area contributed by atoms with Gasteiger partial charge in [-0.15, -0.1) is 0 Å². The molecule has 0 saturated heterocycles. The van der Waals surface area contributed by atoms with Gasteiger partial charge < -0.3 is 5.32 Å². The SMILES string of the molecule is Clc1cc(NCCc2ccccn2)nc(-c2cccnc2)n1. The van der Waals surface area contributed by atoms with Gasteiger partial charge in [0.1, 0.15) is 11.0 Å². The van der Waals surface area contributed by atoms with E-state index in [1.54, 1.807) is 24.7 Å². The molecule has 3 heterocycles. The number of nitrogens with one attached hydrogen (secondary N) is 1. The van der Waals surface area contributed by atoms with Crippen LogP contribution in [0.2, 0.25) is 5.15 Å². The molecule has 6 heteroatoms. The minimum absolute atomic E-state index is 0.397. The van der Waals surface area contributed by atoms with Crippen LogP contribution >= 0.6 is 11.6 Å². The van der Waals surface area contributed by atoms with Crippen LogP contribution in [0.15, 0.2) is 55.0 Å². The number of aromatic nitrogens is 4. The van der Waals surface area contributed by atoms with Crippen LogP contribution in [0.1, 0.15) is 5.69 Å². The first-order valence-electron chi connectivity index (χ1n) is 6.90. The number of pyridine rings is 2. The van der Waals surface area contributed by atoms with Gasteiger partial charge >= 0.3 is 0 Å². The van der Waals surface area contributed by atoms with Crippen LogP contribution in [0, 0.1) is 0 Å². The van der Waals surface area contributed by atoms with E-state index in [4.69, 9.17) is 11.6 Å². The molecule has 0 unspecified atom stereocenters. The molecule has 0 bridgehead atoms. The molecule has 0 fully saturated rings. The molecule has 3 rings (SSSR count). The maximum atomic E-state index is 6.07. The molecule has 22 heavy (non-hydrogen) atoms. The molecule has 0 spiro atoms. The maximum Gasteiger partial charge on any atom is 0.164 e. The van der Waals surface area contributed by atoms with Crippen LogP contribution in [0.4, 0.5) is 5.82 Å². The Morgan fingerprint density at radius 1 is 1.05 bits per heavy atom. The van der Waals surface area contributed by atoms with E-state index >= 15 is 0 Å². The number of halogens is 1. The van der Waals surface area contributed by atoms with Crippen LogP contribution in [0.5, 0.6) is 0 Å². The van der Waals surface area contributed by atoms with Gasteiger partial charge in [-0.1, -0.05) is 17.7 Å². The lowest BCUT2D eigenvalue weighted by Crippen LogP contribution is -2.08. The normalized spacial score (nSPS) is 10.4. The molecule has 5 nitrogen and oxygen atoms in total. The van der Waals surface area contributed by atoms with Gasteiger partial charge in [0.2, 0.25) is 0 Å². The summed E-state index contributed by atoms with van der Waals surface area (Å²) in [5.74, 6) is 1.25. The second-order valence-corrected chi connectivity index (χ2v) is 5.03. The third-order valence-electron chi connectivity index (χ3n) is 3.03. The van der Waals surface area contributed by atoms with Gasteiger partial charge in [0, 0.05) is 48.9 Å². The Labute approximate surface area is 133 Å². The maximum absolute atomic E-state index is 6.07. The molecule has 0 aromatic carbocycles. The molecular formula is C16H14ClN5. The Kier molecular flexibility index (Phi) is 4.56. The van der Waals surface area contributed by atoms with E-state index in [2.05, 4.69) is 25.3 Å². The van der Waals surface area contributed by atoms with Crippen LogP contribution in [-0.4, -0.2) is 26.5 Å². The molecule has 3 aromatic heterocycles. The lowest BCUT2D eigenvalue weighted by molar-refractivity contribution is 0.951. The minimum Gasteiger partial charge on any atom is -0.370 e. The predicted octanol–water partition coefficient (Wildman–Crippen LogP) is 3.24.